The van der Waals surface area contributed by atoms with Crippen molar-refractivity contribution in [3.63, 3.8) is 0 Å². The van der Waals surface area contributed by atoms with Crippen molar-refractivity contribution in [2.24, 2.45) is 5.84 Å². The van der Waals surface area contributed by atoms with Crippen LogP contribution >= 0.6 is 11.6 Å². The molecule has 0 fully saturated rings. The number of nitrogens with two attached hydrogens (primary N) is 1. The molecule has 0 radical (unpaired) electrons. The fourth-order valence-electron chi connectivity index (χ4n) is 1.47. The molecule has 0 saturated carbocycles. The van der Waals surface area contributed by atoms with Crippen LogP contribution in [0.2, 0.25) is 5.02 Å². The molecule has 1 rings (SSSR count). The Morgan fingerprint density at radius 3 is 2.65 bits per heavy atom. The first-order valence-electron chi connectivity index (χ1n) is 5.37. The standard InChI is InChI=1S/C12H17ClN2O2/c1-4-17-10-6-5-8(7-9(10)13)12(2,3)11(16)15-14/h5-7H,4,14H2,1-3H3,(H,15,16). The van der Waals surface area contributed by atoms with Crippen molar-refractivity contribution >= 4 is 17.5 Å². The van der Waals surface area contributed by atoms with Crippen molar-refractivity contribution in [2.45, 2.75) is 26.2 Å². The van der Waals surface area contributed by atoms with Gasteiger partial charge in [0.25, 0.3) is 0 Å². The van der Waals surface area contributed by atoms with Crippen LogP contribution in [-0.2, 0) is 10.2 Å². The van der Waals surface area contributed by atoms with E-state index in [1.165, 1.54) is 0 Å². The number of halogens is 1. The molecule has 94 valence electrons. The van der Waals surface area contributed by atoms with E-state index in [4.69, 9.17) is 22.2 Å². The van der Waals surface area contributed by atoms with Gasteiger partial charge in [-0.1, -0.05) is 17.7 Å². The lowest BCUT2D eigenvalue weighted by Gasteiger charge is -2.23. The summed E-state index contributed by atoms with van der Waals surface area (Å²) >= 11 is 6.07. The third kappa shape index (κ3) is 2.90. The third-order valence-electron chi connectivity index (χ3n) is 2.65. The highest BCUT2D eigenvalue weighted by molar-refractivity contribution is 6.32. The summed E-state index contributed by atoms with van der Waals surface area (Å²) in [6.45, 7) is 5.99. The topological polar surface area (TPSA) is 64.3 Å². The SMILES string of the molecule is CCOc1ccc(C(C)(C)C(=O)NN)cc1Cl. The van der Waals surface area contributed by atoms with Crippen LogP contribution < -0.4 is 16.0 Å². The molecule has 0 aromatic heterocycles. The van der Waals surface area contributed by atoms with E-state index in [9.17, 15) is 4.79 Å². The molecule has 0 atom stereocenters. The van der Waals surface area contributed by atoms with Crippen LogP contribution in [0, 0.1) is 0 Å². The smallest absolute Gasteiger partial charge is 0.243 e. The molecule has 0 bridgehead atoms. The van der Waals surface area contributed by atoms with Crippen molar-refractivity contribution in [1.29, 1.82) is 0 Å². The number of hydrazine groups is 1. The Hall–Kier alpha value is -1.26. The number of amides is 1. The van der Waals surface area contributed by atoms with Crippen LogP contribution in [0.5, 0.6) is 5.75 Å². The molecule has 4 nitrogen and oxygen atoms in total. The van der Waals surface area contributed by atoms with E-state index in [1.807, 2.05) is 13.0 Å². The number of carbonyl (C=O) groups is 1. The van der Waals surface area contributed by atoms with Crippen LogP contribution in [0.4, 0.5) is 0 Å². The molecule has 5 heteroatoms. The fraction of sp³-hybridized carbons (Fsp3) is 0.417. The Kier molecular flexibility index (Phi) is 4.37. The molecule has 0 spiro atoms. The van der Waals surface area contributed by atoms with Gasteiger partial charge in [-0.05, 0) is 38.5 Å². The van der Waals surface area contributed by atoms with E-state index in [0.717, 1.165) is 5.56 Å². The zero-order valence-electron chi connectivity index (χ0n) is 10.2. The summed E-state index contributed by atoms with van der Waals surface area (Å²) in [5, 5.41) is 0.488. The van der Waals surface area contributed by atoms with Crippen LogP contribution in [0.15, 0.2) is 18.2 Å². The third-order valence-corrected chi connectivity index (χ3v) is 2.95. The normalized spacial score (nSPS) is 11.1. The minimum Gasteiger partial charge on any atom is -0.492 e. The number of ether oxygens (including phenoxy) is 1. The summed E-state index contributed by atoms with van der Waals surface area (Å²) < 4.78 is 5.33. The molecule has 0 heterocycles. The predicted molar refractivity (Wildman–Crippen MR) is 68.0 cm³/mol. The molecular weight excluding hydrogens is 240 g/mol. The van der Waals surface area contributed by atoms with Crippen LogP contribution in [0.1, 0.15) is 26.3 Å². The second kappa shape index (κ2) is 5.38. The highest BCUT2D eigenvalue weighted by atomic mass is 35.5. The maximum atomic E-state index is 11.6. The molecule has 1 amide bonds. The van der Waals surface area contributed by atoms with Crippen molar-refractivity contribution in [3.8, 4) is 5.75 Å². The summed E-state index contributed by atoms with van der Waals surface area (Å²) in [6.07, 6.45) is 0. The average Bonchev–Trinajstić information content (AvgIpc) is 2.30. The van der Waals surface area contributed by atoms with Gasteiger partial charge in [-0.15, -0.1) is 0 Å². The quantitative estimate of drug-likeness (QED) is 0.492. The van der Waals surface area contributed by atoms with Gasteiger partial charge in [-0.2, -0.15) is 0 Å². The van der Waals surface area contributed by atoms with E-state index in [2.05, 4.69) is 5.43 Å². The van der Waals surface area contributed by atoms with Gasteiger partial charge in [0.15, 0.2) is 0 Å². The lowest BCUT2D eigenvalue weighted by atomic mass is 9.84. The van der Waals surface area contributed by atoms with E-state index in [-0.39, 0.29) is 5.91 Å². The number of hydrogen-bond acceptors (Lipinski definition) is 3. The molecule has 0 aliphatic heterocycles. The molecule has 0 aliphatic carbocycles. The van der Waals surface area contributed by atoms with Gasteiger partial charge in [0.1, 0.15) is 5.75 Å². The highest BCUT2D eigenvalue weighted by Crippen LogP contribution is 2.31. The van der Waals surface area contributed by atoms with Gasteiger partial charge in [-0.3, -0.25) is 10.2 Å². The Morgan fingerprint density at radius 1 is 1.53 bits per heavy atom. The fourth-order valence-corrected chi connectivity index (χ4v) is 1.71. The van der Waals surface area contributed by atoms with Crippen LogP contribution in [0.3, 0.4) is 0 Å². The summed E-state index contributed by atoms with van der Waals surface area (Å²) in [6, 6.07) is 5.29. The van der Waals surface area contributed by atoms with Gasteiger partial charge in [0.05, 0.1) is 17.0 Å². The molecular formula is C12H17ClN2O2. The van der Waals surface area contributed by atoms with Crippen molar-refractivity contribution < 1.29 is 9.53 Å². The minimum absolute atomic E-state index is 0.266. The highest BCUT2D eigenvalue weighted by Gasteiger charge is 2.29. The average molecular weight is 257 g/mol. The maximum Gasteiger partial charge on any atom is 0.243 e. The van der Waals surface area contributed by atoms with Gasteiger partial charge >= 0.3 is 0 Å². The Balaban J connectivity index is 3.08. The maximum absolute atomic E-state index is 11.6. The number of nitrogens with one attached hydrogen (secondary N) is 1. The minimum atomic E-state index is -0.733. The first-order valence-corrected chi connectivity index (χ1v) is 5.75. The second-order valence-electron chi connectivity index (χ2n) is 4.18. The first kappa shape index (κ1) is 13.8. The van der Waals surface area contributed by atoms with Crippen molar-refractivity contribution in [2.75, 3.05) is 6.61 Å². The lowest BCUT2D eigenvalue weighted by Crippen LogP contribution is -2.43. The second-order valence-corrected chi connectivity index (χ2v) is 4.58. The largest absolute Gasteiger partial charge is 0.492 e. The summed E-state index contributed by atoms with van der Waals surface area (Å²) in [5.41, 5.74) is 2.20. The lowest BCUT2D eigenvalue weighted by molar-refractivity contribution is -0.125. The number of benzene rings is 1. The van der Waals surface area contributed by atoms with E-state index < -0.39 is 5.41 Å². The Bertz CT molecular complexity index is 419. The summed E-state index contributed by atoms with van der Waals surface area (Å²) in [7, 11) is 0. The van der Waals surface area contributed by atoms with Gasteiger partial charge in [0.2, 0.25) is 5.91 Å². The van der Waals surface area contributed by atoms with Crippen molar-refractivity contribution in [3.05, 3.63) is 28.8 Å². The Labute approximate surface area is 106 Å². The predicted octanol–water partition coefficient (Wildman–Crippen LogP) is 2.01. The van der Waals surface area contributed by atoms with Crippen molar-refractivity contribution in [1.82, 2.24) is 5.43 Å². The number of carbonyl (C=O) groups excluding carboxylic acids is 1. The number of rotatable bonds is 4. The number of hydrogen-bond donors (Lipinski definition) is 2. The first-order chi connectivity index (χ1) is 7.93. The molecule has 0 saturated heterocycles. The van der Waals surface area contributed by atoms with E-state index >= 15 is 0 Å². The summed E-state index contributed by atoms with van der Waals surface area (Å²) in [4.78, 5) is 11.6. The zero-order chi connectivity index (χ0) is 13.1. The molecule has 3 N–H and O–H groups in total. The van der Waals surface area contributed by atoms with Crippen LogP contribution in [0.25, 0.3) is 0 Å². The van der Waals surface area contributed by atoms with Gasteiger partial charge in [0, 0.05) is 0 Å². The molecule has 0 aliphatic rings. The molecule has 0 unspecified atom stereocenters. The Morgan fingerprint density at radius 2 is 2.18 bits per heavy atom. The van der Waals surface area contributed by atoms with Crippen LogP contribution in [-0.4, -0.2) is 12.5 Å². The molecule has 1 aromatic carbocycles. The molecule has 1 aromatic rings. The summed E-state index contributed by atoms with van der Waals surface area (Å²) in [5.74, 6) is 5.50. The van der Waals surface area contributed by atoms with Gasteiger partial charge < -0.3 is 4.74 Å². The van der Waals surface area contributed by atoms with E-state index in [0.29, 0.717) is 17.4 Å². The molecule has 17 heavy (non-hydrogen) atoms. The van der Waals surface area contributed by atoms with Gasteiger partial charge in [-0.25, -0.2) is 5.84 Å². The zero-order valence-corrected chi connectivity index (χ0v) is 11.0. The van der Waals surface area contributed by atoms with E-state index in [1.54, 1.807) is 26.0 Å². The monoisotopic (exact) mass is 256 g/mol.